The van der Waals surface area contributed by atoms with Crippen LogP contribution in [0.25, 0.3) is 0 Å². The maximum atomic E-state index is 4.90. The molecule has 0 aliphatic heterocycles. The van der Waals surface area contributed by atoms with Gasteiger partial charge in [0.15, 0.2) is 0 Å². The topological polar surface area (TPSA) is 104 Å². The summed E-state index contributed by atoms with van der Waals surface area (Å²) in [5, 5.41) is 0. The highest BCUT2D eigenvalue weighted by Crippen LogP contribution is 1.24. The molecule has 0 heterocycles. The maximum absolute atomic E-state index is 4.90. The molecule has 0 rings (SSSR count). The van der Waals surface area contributed by atoms with Crippen LogP contribution in [-0.4, -0.2) is 26.2 Å². The standard InChI is InChI=1S/2C2H8N2.4C2H4/c2*3-1-2-4;4*1-2/h2*1-4H2;4*1-2H2. The summed E-state index contributed by atoms with van der Waals surface area (Å²) in [7, 11) is 0. The van der Waals surface area contributed by atoms with Crippen LogP contribution in [0.2, 0.25) is 0 Å². The Hall–Kier alpha value is -1.20. The average Bonchev–Trinajstić information content (AvgIpc) is 2.47. The van der Waals surface area contributed by atoms with Crippen molar-refractivity contribution in [3.05, 3.63) is 52.6 Å². The minimum atomic E-state index is 0.597. The summed E-state index contributed by atoms with van der Waals surface area (Å²) in [5.41, 5.74) is 19.6. The largest absolute Gasteiger partial charge is 0.329 e. The molecule has 16 heavy (non-hydrogen) atoms. The maximum Gasteiger partial charge on any atom is 0.00461 e. The van der Waals surface area contributed by atoms with Gasteiger partial charge in [0.05, 0.1) is 0 Å². The van der Waals surface area contributed by atoms with Crippen molar-refractivity contribution in [1.82, 2.24) is 0 Å². The van der Waals surface area contributed by atoms with Gasteiger partial charge in [-0.05, 0) is 0 Å². The van der Waals surface area contributed by atoms with Crippen LogP contribution in [0.1, 0.15) is 0 Å². The minimum Gasteiger partial charge on any atom is -0.329 e. The molecule has 0 unspecified atom stereocenters. The summed E-state index contributed by atoms with van der Waals surface area (Å²) in [6.07, 6.45) is 0. The van der Waals surface area contributed by atoms with Gasteiger partial charge in [-0.1, -0.05) is 0 Å². The second-order valence-electron chi connectivity index (χ2n) is 1.15. The first-order valence-electron chi connectivity index (χ1n) is 4.63. The predicted octanol–water partition coefficient (Wildman–Crippen LogP) is 1.02. The van der Waals surface area contributed by atoms with Gasteiger partial charge >= 0.3 is 0 Å². The Bertz CT molecular complexity index is 45.0. The van der Waals surface area contributed by atoms with E-state index in [-0.39, 0.29) is 0 Å². The number of hydrogen-bond donors (Lipinski definition) is 4. The van der Waals surface area contributed by atoms with Gasteiger partial charge in [-0.3, -0.25) is 0 Å². The Kier molecular flexibility index (Phi) is 656. The SMILES string of the molecule is C=C.C=C.C=C.C=C.NCCN.NCCN. The van der Waals surface area contributed by atoms with Crippen molar-refractivity contribution in [1.29, 1.82) is 0 Å². The van der Waals surface area contributed by atoms with E-state index in [4.69, 9.17) is 22.9 Å². The van der Waals surface area contributed by atoms with Crippen molar-refractivity contribution in [2.75, 3.05) is 26.2 Å². The molecule has 0 aliphatic carbocycles. The zero-order valence-electron chi connectivity index (χ0n) is 10.8. The molecule has 4 nitrogen and oxygen atoms in total. The fourth-order valence-electron chi connectivity index (χ4n) is 0. The van der Waals surface area contributed by atoms with Crippen LogP contribution in [0, 0.1) is 0 Å². The van der Waals surface area contributed by atoms with Crippen molar-refractivity contribution in [2.24, 2.45) is 22.9 Å². The summed E-state index contributed by atoms with van der Waals surface area (Å²) in [6.45, 7) is 26.4. The quantitative estimate of drug-likeness (QED) is 0.533. The molecule has 0 fully saturated rings. The lowest BCUT2D eigenvalue weighted by atomic mass is 10.7. The van der Waals surface area contributed by atoms with Crippen LogP contribution in [0.15, 0.2) is 52.6 Å². The molecule has 8 N–H and O–H groups in total. The number of rotatable bonds is 2. The van der Waals surface area contributed by atoms with Crippen LogP contribution in [0.4, 0.5) is 0 Å². The van der Waals surface area contributed by atoms with Crippen LogP contribution < -0.4 is 22.9 Å². The molecular formula is C12H32N4. The van der Waals surface area contributed by atoms with E-state index < -0.39 is 0 Å². The van der Waals surface area contributed by atoms with E-state index in [2.05, 4.69) is 52.6 Å². The molecule has 0 aliphatic rings. The Balaban J connectivity index is -0.0000000196. The molecule has 0 saturated heterocycles. The molecule has 0 atom stereocenters. The molecule has 0 aromatic heterocycles. The zero-order chi connectivity index (χ0) is 14.8. The van der Waals surface area contributed by atoms with E-state index in [1.165, 1.54) is 0 Å². The molecule has 0 saturated carbocycles. The van der Waals surface area contributed by atoms with E-state index in [9.17, 15) is 0 Å². The third-order valence-corrected chi connectivity index (χ3v) is 0.333. The van der Waals surface area contributed by atoms with Crippen LogP contribution in [-0.2, 0) is 0 Å². The number of hydrogen-bond acceptors (Lipinski definition) is 4. The van der Waals surface area contributed by atoms with Crippen LogP contribution in [0.3, 0.4) is 0 Å². The summed E-state index contributed by atoms with van der Waals surface area (Å²) in [6, 6.07) is 0. The monoisotopic (exact) mass is 232 g/mol. The predicted molar refractivity (Wildman–Crippen MR) is 81.2 cm³/mol. The Labute approximate surface area is 102 Å². The number of nitrogens with two attached hydrogens (primary N) is 4. The lowest BCUT2D eigenvalue weighted by molar-refractivity contribution is 0.976. The molecule has 4 heteroatoms. The first-order chi connectivity index (χ1) is 7.83. The average molecular weight is 232 g/mol. The van der Waals surface area contributed by atoms with Crippen molar-refractivity contribution < 1.29 is 0 Å². The lowest BCUT2D eigenvalue weighted by Crippen LogP contribution is -2.11. The fraction of sp³-hybridized carbons (Fsp3) is 0.333. The van der Waals surface area contributed by atoms with Crippen molar-refractivity contribution in [2.45, 2.75) is 0 Å². The van der Waals surface area contributed by atoms with E-state index >= 15 is 0 Å². The highest BCUT2D eigenvalue weighted by Gasteiger charge is 1.54. The van der Waals surface area contributed by atoms with Crippen LogP contribution in [0.5, 0.6) is 0 Å². The summed E-state index contributed by atoms with van der Waals surface area (Å²) < 4.78 is 0. The molecule has 0 aromatic rings. The Morgan fingerprint density at radius 2 is 0.438 bits per heavy atom. The molecule has 0 spiro atoms. The van der Waals surface area contributed by atoms with Gasteiger partial charge in [0.2, 0.25) is 0 Å². The van der Waals surface area contributed by atoms with Gasteiger partial charge in [-0.25, -0.2) is 0 Å². The van der Waals surface area contributed by atoms with Gasteiger partial charge in [0.1, 0.15) is 0 Å². The molecule has 0 aromatic carbocycles. The van der Waals surface area contributed by atoms with Gasteiger partial charge in [-0.15, -0.1) is 52.6 Å². The van der Waals surface area contributed by atoms with E-state index in [1.807, 2.05) is 0 Å². The Morgan fingerprint density at radius 3 is 0.438 bits per heavy atom. The first-order valence-corrected chi connectivity index (χ1v) is 4.63. The van der Waals surface area contributed by atoms with Crippen LogP contribution >= 0.6 is 0 Å². The van der Waals surface area contributed by atoms with Crippen molar-refractivity contribution >= 4 is 0 Å². The third-order valence-electron chi connectivity index (χ3n) is 0.333. The summed E-state index contributed by atoms with van der Waals surface area (Å²) in [4.78, 5) is 0. The molecule has 0 radical (unpaired) electrons. The van der Waals surface area contributed by atoms with E-state index in [1.54, 1.807) is 0 Å². The molecule has 0 bridgehead atoms. The summed E-state index contributed by atoms with van der Waals surface area (Å²) >= 11 is 0. The second-order valence-corrected chi connectivity index (χ2v) is 1.15. The normalized spacial score (nSPS) is 4.75. The van der Waals surface area contributed by atoms with Gasteiger partial charge in [-0.2, -0.15) is 0 Å². The fourth-order valence-corrected chi connectivity index (χ4v) is 0. The molecule has 0 amide bonds. The smallest absolute Gasteiger partial charge is 0.00461 e. The van der Waals surface area contributed by atoms with Crippen molar-refractivity contribution in [3.8, 4) is 0 Å². The van der Waals surface area contributed by atoms with Gasteiger partial charge in [0, 0.05) is 26.2 Å². The molecular weight excluding hydrogens is 200 g/mol. The van der Waals surface area contributed by atoms with E-state index in [0.717, 1.165) is 0 Å². The second kappa shape index (κ2) is 288. The Morgan fingerprint density at radius 1 is 0.375 bits per heavy atom. The van der Waals surface area contributed by atoms with Crippen molar-refractivity contribution in [3.63, 3.8) is 0 Å². The lowest BCUT2D eigenvalue weighted by Gasteiger charge is -1.72. The third kappa shape index (κ3) is 2780. The molecule has 100 valence electrons. The van der Waals surface area contributed by atoms with Gasteiger partial charge in [0.25, 0.3) is 0 Å². The minimum absolute atomic E-state index is 0.597. The first kappa shape index (κ1) is 36.4. The highest BCUT2D eigenvalue weighted by atomic mass is 14.6. The highest BCUT2D eigenvalue weighted by molar-refractivity contribution is 4.26. The summed E-state index contributed by atoms with van der Waals surface area (Å²) in [5.74, 6) is 0. The van der Waals surface area contributed by atoms with E-state index in [0.29, 0.717) is 26.2 Å². The zero-order valence-corrected chi connectivity index (χ0v) is 10.8. The van der Waals surface area contributed by atoms with Gasteiger partial charge < -0.3 is 22.9 Å².